The van der Waals surface area contributed by atoms with Gasteiger partial charge in [0.25, 0.3) is 0 Å². The summed E-state index contributed by atoms with van der Waals surface area (Å²) in [5.41, 5.74) is 1.28. The lowest BCUT2D eigenvalue weighted by Gasteiger charge is -2.02. The average Bonchev–Trinajstić information content (AvgIpc) is 2.20. The van der Waals surface area contributed by atoms with Crippen molar-refractivity contribution in [3.8, 4) is 0 Å². The molecule has 0 saturated carbocycles. The lowest BCUT2D eigenvalue weighted by atomic mass is 10.1. The second-order valence-corrected chi connectivity index (χ2v) is 3.21. The second kappa shape index (κ2) is 10.5. The zero-order valence-electron chi connectivity index (χ0n) is 9.58. The molecule has 0 unspecified atom stereocenters. The van der Waals surface area contributed by atoms with E-state index in [1.807, 2.05) is 0 Å². The first kappa shape index (κ1) is 13.4. The van der Waals surface area contributed by atoms with E-state index < -0.39 is 0 Å². The van der Waals surface area contributed by atoms with E-state index >= 15 is 0 Å². The van der Waals surface area contributed by atoms with E-state index in [2.05, 4.69) is 25.2 Å². The van der Waals surface area contributed by atoms with Crippen molar-refractivity contribution in [2.45, 2.75) is 26.2 Å². The van der Waals surface area contributed by atoms with Gasteiger partial charge >= 0.3 is 0 Å². The molecule has 0 aliphatic rings. The molecule has 0 aromatic carbocycles. The minimum Gasteiger partial charge on any atom is -0.381 e. The first-order chi connectivity index (χ1) is 6.85. The van der Waals surface area contributed by atoms with Crippen LogP contribution in [0.25, 0.3) is 0 Å². The molecule has 0 saturated heterocycles. The summed E-state index contributed by atoms with van der Waals surface area (Å²) in [5, 5.41) is 0. The van der Waals surface area contributed by atoms with Crippen LogP contribution in [0.2, 0.25) is 0 Å². The van der Waals surface area contributed by atoms with E-state index in [4.69, 9.17) is 9.47 Å². The summed E-state index contributed by atoms with van der Waals surface area (Å²) in [6, 6.07) is 0. The molecule has 0 atom stereocenters. The number of methoxy groups -OCH3 is 2. The quantitative estimate of drug-likeness (QED) is 0.558. The Kier molecular flexibility index (Phi) is 10.0. The predicted octanol–water partition coefficient (Wildman–Crippen LogP) is 2.95. The van der Waals surface area contributed by atoms with Gasteiger partial charge in [-0.05, 0) is 18.4 Å². The number of unbranched alkanes of at least 4 members (excludes halogenated alkanes) is 1. The molecule has 0 aliphatic heterocycles. The molecule has 2 nitrogen and oxygen atoms in total. The SMILES string of the molecule is CCC/C=C/C/C(=C/COC)COC. The van der Waals surface area contributed by atoms with Crippen LogP contribution in [0.15, 0.2) is 23.8 Å². The van der Waals surface area contributed by atoms with Crippen molar-refractivity contribution in [2.24, 2.45) is 0 Å². The van der Waals surface area contributed by atoms with Crippen LogP contribution in [-0.4, -0.2) is 27.4 Å². The molecule has 0 aromatic rings. The number of allylic oxidation sites excluding steroid dienone is 2. The van der Waals surface area contributed by atoms with Crippen molar-refractivity contribution in [2.75, 3.05) is 27.4 Å². The van der Waals surface area contributed by atoms with Gasteiger partial charge in [-0.1, -0.05) is 31.6 Å². The molecule has 0 spiro atoms. The van der Waals surface area contributed by atoms with Gasteiger partial charge in [0, 0.05) is 14.2 Å². The lowest BCUT2D eigenvalue weighted by Crippen LogP contribution is -1.96. The van der Waals surface area contributed by atoms with Crippen molar-refractivity contribution in [3.63, 3.8) is 0 Å². The Morgan fingerprint density at radius 2 is 1.93 bits per heavy atom. The van der Waals surface area contributed by atoms with Gasteiger partial charge in [-0.2, -0.15) is 0 Å². The zero-order chi connectivity index (χ0) is 10.6. The summed E-state index contributed by atoms with van der Waals surface area (Å²) < 4.78 is 10.1. The van der Waals surface area contributed by atoms with Crippen LogP contribution in [0, 0.1) is 0 Å². The summed E-state index contributed by atoms with van der Waals surface area (Å²) in [6.45, 7) is 3.54. The Hall–Kier alpha value is -0.600. The molecule has 0 bridgehead atoms. The molecule has 14 heavy (non-hydrogen) atoms. The standard InChI is InChI=1S/C12H22O2/c1-4-5-6-7-8-12(11-14-3)9-10-13-2/h6-7,9H,4-5,8,10-11H2,1-3H3/b7-6+,12-9-. The normalized spacial score (nSPS) is 12.6. The highest BCUT2D eigenvalue weighted by molar-refractivity contribution is 5.08. The van der Waals surface area contributed by atoms with Crippen LogP contribution in [-0.2, 0) is 9.47 Å². The number of rotatable bonds is 8. The molecule has 0 rings (SSSR count). The van der Waals surface area contributed by atoms with Gasteiger partial charge < -0.3 is 9.47 Å². The molecule has 0 aromatic heterocycles. The van der Waals surface area contributed by atoms with Crippen LogP contribution in [0.1, 0.15) is 26.2 Å². The molecule has 2 heteroatoms. The van der Waals surface area contributed by atoms with Crippen molar-refractivity contribution < 1.29 is 9.47 Å². The summed E-state index contributed by atoms with van der Waals surface area (Å²) in [7, 11) is 3.42. The summed E-state index contributed by atoms with van der Waals surface area (Å²) >= 11 is 0. The van der Waals surface area contributed by atoms with E-state index in [9.17, 15) is 0 Å². The predicted molar refractivity (Wildman–Crippen MR) is 60.5 cm³/mol. The summed E-state index contributed by atoms with van der Waals surface area (Å²) in [6.07, 6.45) is 9.83. The fraction of sp³-hybridized carbons (Fsp3) is 0.667. The highest BCUT2D eigenvalue weighted by atomic mass is 16.5. The van der Waals surface area contributed by atoms with E-state index in [-0.39, 0.29) is 0 Å². The third-order valence-electron chi connectivity index (χ3n) is 1.87. The maximum Gasteiger partial charge on any atom is 0.0676 e. The number of ether oxygens (including phenoxy) is 2. The third kappa shape index (κ3) is 8.02. The van der Waals surface area contributed by atoms with Gasteiger partial charge in [0.15, 0.2) is 0 Å². The van der Waals surface area contributed by atoms with Crippen LogP contribution in [0.4, 0.5) is 0 Å². The molecule has 82 valence electrons. The maximum atomic E-state index is 5.10. The Labute approximate surface area is 87.6 Å². The Bertz CT molecular complexity index is 171. The van der Waals surface area contributed by atoms with Crippen molar-refractivity contribution in [3.05, 3.63) is 23.8 Å². The number of hydrogen-bond donors (Lipinski definition) is 0. The fourth-order valence-corrected chi connectivity index (χ4v) is 1.11. The minimum absolute atomic E-state index is 0.667. The van der Waals surface area contributed by atoms with E-state index in [1.54, 1.807) is 14.2 Å². The average molecular weight is 198 g/mol. The molecule has 0 aliphatic carbocycles. The van der Waals surface area contributed by atoms with Crippen molar-refractivity contribution >= 4 is 0 Å². The first-order valence-corrected chi connectivity index (χ1v) is 5.15. The van der Waals surface area contributed by atoms with E-state index in [0.717, 1.165) is 12.8 Å². The van der Waals surface area contributed by atoms with Crippen molar-refractivity contribution in [1.82, 2.24) is 0 Å². The molecule has 0 amide bonds. The first-order valence-electron chi connectivity index (χ1n) is 5.15. The Balaban J connectivity index is 3.83. The number of hydrogen-bond acceptors (Lipinski definition) is 2. The van der Waals surface area contributed by atoms with Crippen LogP contribution in [0.3, 0.4) is 0 Å². The summed E-state index contributed by atoms with van der Waals surface area (Å²) in [5.74, 6) is 0. The third-order valence-corrected chi connectivity index (χ3v) is 1.87. The van der Waals surface area contributed by atoms with Gasteiger partial charge in [-0.3, -0.25) is 0 Å². The van der Waals surface area contributed by atoms with Gasteiger partial charge in [-0.25, -0.2) is 0 Å². The highest BCUT2D eigenvalue weighted by Crippen LogP contribution is 2.04. The van der Waals surface area contributed by atoms with Gasteiger partial charge in [0.05, 0.1) is 13.2 Å². The van der Waals surface area contributed by atoms with Gasteiger partial charge in [0.2, 0.25) is 0 Å². The minimum atomic E-state index is 0.667. The topological polar surface area (TPSA) is 18.5 Å². The van der Waals surface area contributed by atoms with Gasteiger partial charge in [0.1, 0.15) is 0 Å². The maximum absolute atomic E-state index is 5.10. The van der Waals surface area contributed by atoms with E-state index in [0.29, 0.717) is 13.2 Å². The summed E-state index contributed by atoms with van der Waals surface area (Å²) in [4.78, 5) is 0. The molecule has 0 heterocycles. The zero-order valence-corrected chi connectivity index (χ0v) is 9.58. The largest absolute Gasteiger partial charge is 0.381 e. The van der Waals surface area contributed by atoms with Crippen molar-refractivity contribution in [1.29, 1.82) is 0 Å². The van der Waals surface area contributed by atoms with E-state index in [1.165, 1.54) is 12.0 Å². The highest BCUT2D eigenvalue weighted by Gasteiger charge is 1.93. The Morgan fingerprint density at radius 3 is 2.50 bits per heavy atom. The Morgan fingerprint density at radius 1 is 1.14 bits per heavy atom. The van der Waals surface area contributed by atoms with Crippen LogP contribution >= 0.6 is 0 Å². The molecule has 0 fully saturated rings. The molecular formula is C12H22O2. The smallest absolute Gasteiger partial charge is 0.0676 e. The van der Waals surface area contributed by atoms with Gasteiger partial charge in [-0.15, -0.1) is 0 Å². The fourth-order valence-electron chi connectivity index (χ4n) is 1.11. The molecule has 0 radical (unpaired) electrons. The molecular weight excluding hydrogens is 176 g/mol. The van der Waals surface area contributed by atoms with Crippen LogP contribution in [0.5, 0.6) is 0 Å². The molecule has 0 N–H and O–H groups in total. The monoisotopic (exact) mass is 198 g/mol. The van der Waals surface area contributed by atoms with Crippen LogP contribution < -0.4 is 0 Å². The second-order valence-electron chi connectivity index (χ2n) is 3.21. The lowest BCUT2D eigenvalue weighted by molar-refractivity contribution is 0.216.